The maximum absolute atomic E-state index is 13.2. The van der Waals surface area contributed by atoms with E-state index in [-0.39, 0.29) is 18.1 Å². The normalized spacial score (nSPS) is 24.7. The minimum Gasteiger partial charge on any atom is -0.373 e. The van der Waals surface area contributed by atoms with E-state index in [1.165, 1.54) is 4.31 Å². The van der Waals surface area contributed by atoms with Gasteiger partial charge in [0.05, 0.1) is 23.6 Å². The van der Waals surface area contributed by atoms with Crippen molar-refractivity contribution >= 4 is 15.9 Å². The second-order valence-corrected chi connectivity index (χ2v) is 10.3. The van der Waals surface area contributed by atoms with Crippen molar-refractivity contribution in [1.82, 2.24) is 14.1 Å². The molecule has 2 saturated heterocycles. The number of amides is 1. The third-order valence-corrected chi connectivity index (χ3v) is 7.85. The van der Waals surface area contributed by atoms with Gasteiger partial charge in [0.25, 0.3) is 0 Å². The Hall–Kier alpha value is -1.48. The standard InChI is InChI=1S/C21H33N3O4S/c1-15-10-16(2)21(17(3)11-15)29(26,27)24-8-6-23(7-9-24)20(25)14-22-12-18(4)28-19(5)13-22/h10-11,18-19H,6-9,12-14H2,1-5H3/t18-,19+. The summed E-state index contributed by atoms with van der Waals surface area (Å²) in [6, 6.07) is 3.81. The van der Waals surface area contributed by atoms with Crippen molar-refractivity contribution < 1.29 is 17.9 Å². The van der Waals surface area contributed by atoms with Crippen molar-refractivity contribution in [3.63, 3.8) is 0 Å². The van der Waals surface area contributed by atoms with E-state index < -0.39 is 10.0 Å². The lowest BCUT2D eigenvalue weighted by Crippen LogP contribution is -2.54. The van der Waals surface area contributed by atoms with Gasteiger partial charge in [-0.3, -0.25) is 9.69 Å². The zero-order valence-electron chi connectivity index (χ0n) is 18.1. The molecule has 2 aliphatic heterocycles. The van der Waals surface area contributed by atoms with Crippen LogP contribution in [0.3, 0.4) is 0 Å². The first kappa shape index (κ1) is 22.2. The predicted molar refractivity (Wildman–Crippen MR) is 112 cm³/mol. The summed E-state index contributed by atoms with van der Waals surface area (Å²) >= 11 is 0. The molecule has 0 radical (unpaired) electrons. The van der Waals surface area contributed by atoms with Gasteiger partial charge in [-0.25, -0.2) is 8.42 Å². The van der Waals surface area contributed by atoms with Crippen LogP contribution in [0.25, 0.3) is 0 Å². The number of nitrogens with zero attached hydrogens (tertiary/aromatic N) is 3. The summed E-state index contributed by atoms with van der Waals surface area (Å²) in [4.78, 5) is 17.0. The molecule has 1 amide bonds. The van der Waals surface area contributed by atoms with Gasteiger partial charge in [-0.1, -0.05) is 17.7 Å². The Morgan fingerprint density at radius 2 is 1.52 bits per heavy atom. The highest BCUT2D eigenvalue weighted by atomic mass is 32.2. The topological polar surface area (TPSA) is 70.2 Å². The summed E-state index contributed by atoms with van der Waals surface area (Å²) in [7, 11) is -3.56. The molecule has 8 heteroatoms. The van der Waals surface area contributed by atoms with E-state index in [0.717, 1.165) is 29.8 Å². The predicted octanol–water partition coefficient (Wildman–Crippen LogP) is 1.55. The number of hydrogen-bond donors (Lipinski definition) is 0. The number of carbonyl (C=O) groups excluding carboxylic acids is 1. The average molecular weight is 424 g/mol. The van der Waals surface area contributed by atoms with Crippen molar-refractivity contribution in [3.05, 3.63) is 28.8 Å². The molecule has 0 spiro atoms. The molecular formula is C21H33N3O4S. The van der Waals surface area contributed by atoms with E-state index in [1.807, 2.05) is 46.8 Å². The number of rotatable bonds is 4. The van der Waals surface area contributed by atoms with Gasteiger partial charge in [-0.2, -0.15) is 4.31 Å². The fourth-order valence-corrected chi connectivity index (χ4v) is 6.42. The molecule has 0 aromatic heterocycles. The Morgan fingerprint density at radius 1 is 1.00 bits per heavy atom. The summed E-state index contributed by atoms with van der Waals surface area (Å²) in [5.74, 6) is 0.0612. The summed E-state index contributed by atoms with van der Waals surface area (Å²) < 4.78 is 33.7. The smallest absolute Gasteiger partial charge is 0.243 e. The third-order valence-electron chi connectivity index (χ3n) is 5.65. The SMILES string of the molecule is Cc1cc(C)c(S(=O)(=O)N2CCN(C(=O)CN3C[C@@H](C)O[C@@H](C)C3)CC2)c(C)c1. The van der Waals surface area contributed by atoms with Gasteiger partial charge in [0.15, 0.2) is 0 Å². The van der Waals surface area contributed by atoms with E-state index >= 15 is 0 Å². The maximum atomic E-state index is 13.2. The van der Waals surface area contributed by atoms with Gasteiger partial charge < -0.3 is 9.64 Å². The molecule has 0 unspecified atom stereocenters. The molecule has 2 aliphatic rings. The zero-order chi connectivity index (χ0) is 21.3. The fraction of sp³-hybridized carbons (Fsp3) is 0.667. The molecule has 7 nitrogen and oxygen atoms in total. The molecule has 2 atom stereocenters. The molecule has 162 valence electrons. The Kier molecular flexibility index (Phi) is 6.67. The van der Waals surface area contributed by atoms with Crippen LogP contribution in [0.4, 0.5) is 0 Å². The van der Waals surface area contributed by atoms with E-state index in [2.05, 4.69) is 4.90 Å². The van der Waals surface area contributed by atoms with Crippen LogP contribution in [0, 0.1) is 20.8 Å². The Labute approximate surface area is 174 Å². The van der Waals surface area contributed by atoms with E-state index in [1.54, 1.807) is 4.90 Å². The lowest BCUT2D eigenvalue weighted by Gasteiger charge is -2.38. The van der Waals surface area contributed by atoms with Crippen molar-refractivity contribution in [2.45, 2.75) is 51.7 Å². The van der Waals surface area contributed by atoms with Crippen LogP contribution in [-0.2, 0) is 19.6 Å². The van der Waals surface area contributed by atoms with Gasteiger partial charge in [-0.05, 0) is 45.7 Å². The second-order valence-electron chi connectivity index (χ2n) is 8.46. The van der Waals surface area contributed by atoms with Crippen LogP contribution in [0.5, 0.6) is 0 Å². The van der Waals surface area contributed by atoms with Gasteiger partial charge >= 0.3 is 0 Å². The Balaban J connectivity index is 1.62. The van der Waals surface area contributed by atoms with Crippen LogP contribution in [0.1, 0.15) is 30.5 Å². The number of aryl methyl sites for hydroxylation is 3. The summed E-state index contributed by atoms with van der Waals surface area (Å²) in [5, 5.41) is 0. The van der Waals surface area contributed by atoms with Gasteiger partial charge in [0.1, 0.15) is 0 Å². The number of piperazine rings is 1. The molecule has 1 aromatic rings. The first-order chi connectivity index (χ1) is 13.6. The highest BCUT2D eigenvalue weighted by molar-refractivity contribution is 7.89. The molecule has 2 fully saturated rings. The van der Waals surface area contributed by atoms with E-state index in [9.17, 15) is 13.2 Å². The number of benzene rings is 1. The van der Waals surface area contributed by atoms with Crippen LogP contribution in [0.15, 0.2) is 17.0 Å². The first-order valence-corrected chi connectivity index (χ1v) is 11.8. The van der Waals surface area contributed by atoms with Gasteiger partial charge in [-0.15, -0.1) is 0 Å². The van der Waals surface area contributed by atoms with Crippen molar-refractivity contribution in [3.8, 4) is 0 Å². The Morgan fingerprint density at radius 3 is 2.03 bits per heavy atom. The zero-order valence-corrected chi connectivity index (χ0v) is 19.0. The molecule has 3 rings (SSSR count). The lowest BCUT2D eigenvalue weighted by molar-refractivity contribution is -0.137. The maximum Gasteiger partial charge on any atom is 0.243 e. The van der Waals surface area contributed by atoms with Crippen molar-refractivity contribution in [2.24, 2.45) is 0 Å². The summed E-state index contributed by atoms with van der Waals surface area (Å²) in [5.41, 5.74) is 2.61. The van der Waals surface area contributed by atoms with Crippen LogP contribution >= 0.6 is 0 Å². The van der Waals surface area contributed by atoms with E-state index in [0.29, 0.717) is 37.6 Å². The van der Waals surface area contributed by atoms with Crippen molar-refractivity contribution in [2.75, 3.05) is 45.8 Å². The highest BCUT2D eigenvalue weighted by Gasteiger charge is 2.33. The number of morpholine rings is 1. The van der Waals surface area contributed by atoms with Gasteiger partial charge in [0, 0.05) is 39.3 Å². The fourth-order valence-electron chi connectivity index (χ4n) is 4.59. The highest BCUT2D eigenvalue weighted by Crippen LogP contribution is 2.26. The number of carbonyl (C=O) groups is 1. The lowest BCUT2D eigenvalue weighted by atomic mass is 10.1. The first-order valence-electron chi connectivity index (χ1n) is 10.3. The molecule has 0 saturated carbocycles. The minimum atomic E-state index is -3.56. The van der Waals surface area contributed by atoms with Crippen molar-refractivity contribution in [1.29, 1.82) is 0 Å². The largest absolute Gasteiger partial charge is 0.373 e. The average Bonchev–Trinajstić information content (AvgIpc) is 2.59. The molecule has 0 N–H and O–H groups in total. The van der Waals surface area contributed by atoms with Crippen LogP contribution in [-0.4, -0.2) is 86.5 Å². The van der Waals surface area contributed by atoms with Gasteiger partial charge in [0.2, 0.25) is 15.9 Å². The Bertz CT molecular complexity index is 830. The van der Waals surface area contributed by atoms with E-state index in [4.69, 9.17) is 4.74 Å². The minimum absolute atomic E-state index is 0.0612. The summed E-state index contributed by atoms with van der Waals surface area (Å²) in [6.07, 6.45) is 0.240. The molecule has 0 aliphatic carbocycles. The summed E-state index contributed by atoms with van der Waals surface area (Å²) in [6.45, 7) is 13.1. The quantitative estimate of drug-likeness (QED) is 0.735. The molecule has 0 bridgehead atoms. The van der Waals surface area contributed by atoms with Crippen LogP contribution < -0.4 is 0 Å². The molecule has 29 heavy (non-hydrogen) atoms. The third kappa shape index (κ3) is 4.99. The molecular weight excluding hydrogens is 390 g/mol. The monoisotopic (exact) mass is 423 g/mol. The second kappa shape index (κ2) is 8.71. The number of sulfonamides is 1. The molecule has 1 aromatic carbocycles. The van der Waals surface area contributed by atoms with Crippen LogP contribution in [0.2, 0.25) is 0 Å². The molecule has 2 heterocycles. The number of ether oxygens (including phenoxy) is 1. The number of hydrogen-bond acceptors (Lipinski definition) is 5.